The van der Waals surface area contributed by atoms with E-state index in [0.29, 0.717) is 51.8 Å². The first kappa shape index (κ1) is 23.1. The maximum atomic E-state index is 14.0. The molecule has 1 atom stereocenters. The number of carbonyl (C=O) groups is 2. The molecule has 3 amide bonds. The summed E-state index contributed by atoms with van der Waals surface area (Å²) in [5.41, 5.74) is -1.08. The number of alkyl halides is 3. The van der Waals surface area contributed by atoms with Crippen LogP contribution in [0.1, 0.15) is 18.9 Å². The standard InChI is InChI=1S/C20H25F4N3O4/c1-13(31-17-4-3-15(9-16(17)21)20(22,23)24)14-10-27(11-14)19(29)26-6-2-8-30-12-18(28)25-5-7-26/h3-4,9,13-14H,2,5-8,10-12H2,1H3,(H,25,28). The fourth-order valence-corrected chi connectivity index (χ4v) is 3.44. The maximum Gasteiger partial charge on any atom is 0.416 e. The Morgan fingerprint density at radius 3 is 2.68 bits per heavy atom. The fraction of sp³-hybridized carbons (Fsp3) is 0.600. The molecule has 2 heterocycles. The highest BCUT2D eigenvalue weighted by atomic mass is 19.4. The SMILES string of the molecule is CC(Oc1ccc(C(F)(F)F)cc1F)C1CN(C(=O)N2CCCOCC(=O)NCC2)C1. The van der Waals surface area contributed by atoms with Crippen LogP contribution in [-0.4, -0.2) is 73.8 Å². The van der Waals surface area contributed by atoms with Crippen LogP contribution in [0, 0.1) is 11.7 Å². The predicted octanol–water partition coefficient (Wildman–Crippen LogP) is 2.50. The van der Waals surface area contributed by atoms with Gasteiger partial charge in [0.1, 0.15) is 12.7 Å². The molecule has 1 aromatic rings. The summed E-state index contributed by atoms with van der Waals surface area (Å²) in [6.45, 7) is 4.08. The van der Waals surface area contributed by atoms with Gasteiger partial charge in [-0.1, -0.05) is 0 Å². The molecule has 1 unspecified atom stereocenters. The van der Waals surface area contributed by atoms with Crippen molar-refractivity contribution in [2.24, 2.45) is 5.92 Å². The van der Waals surface area contributed by atoms with E-state index in [2.05, 4.69) is 5.32 Å². The highest BCUT2D eigenvalue weighted by Crippen LogP contribution is 2.33. The summed E-state index contributed by atoms with van der Waals surface area (Å²) in [5, 5.41) is 2.68. The lowest BCUT2D eigenvalue weighted by Gasteiger charge is -2.44. The molecule has 1 aromatic carbocycles. The third kappa shape index (κ3) is 5.99. The second-order valence-corrected chi connectivity index (χ2v) is 7.66. The van der Waals surface area contributed by atoms with Crippen molar-refractivity contribution in [2.45, 2.75) is 25.6 Å². The second kappa shape index (κ2) is 9.71. The van der Waals surface area contributed by atoms with Crippen LogP contribution >= 0.6 is 0 Å². The van der Waals surface area contributed by atoms with Crippen molar-refractivity contribution in [3.63, 3.8) is 0 Å². The second-order valence-electron chi connectivity index (χ2n) is 7.66. The van der Waals surface area contributed by atoms with Gasteiger partial charge in [-0.2, -0.15) is 13.2 Å². The smallest absolute Gasteiger partial charge is 0.416 e. The van der Waals surface area contributed by atoms with E-state index >= 15 is 0 Å². The topological polar surface area (TPSA) is 71.1 Å². The van der Waals surface area contributed by atoms with Crippen molar-refractivity contribution in [1.29, 1.82) is 0 Å². The minimum Gasteiger partial charge on any atom is -0.487 e. The third-order valence-electron chi connectivity index (χ3n) is 5.34. The summed E-state index contributed by atoms with van der Waals surface area (Å²) in [5.74, 6) is -1.63. The highest BCUT2D eigenvalue weighted by Gasteiger charge is 2.38. The van der Waals surface area contributed by atoms with Crippen LogP contribution in [0.5, 0.6) is 5.75 Å². The monoisotopic (exact) mass is 447 g/mol. The van der Waals surface area contributed by atoms with Crippen molar-refractivity contribution in [2.75, 3.05) is 45.9 Å². The van der Waals surface area contributed by atoms with Gasteiger partial charge in [0.15, 0.2) is 11.6 Å². The molecule has 2 aliphatic heterocycles. The van der Waals surface area contributed by atoms with E-state index in [1.165, 1.54) is 0 Å². The Bertz CT molecular complexity index is 799. The Kier molecular flexibility index (Phi) is 7.24. The molecule has 31 heavy (non-hydrogen) atoms. The van der Waals surface area contributed by atoms with E-state index in [1.54, 1.807) is 16.7 Å². The number of halogens is 4. The lowest BCUT2D eigenvalue weighted by molar-refractivity contribution is -0.137. The maximum absolute atomic E-state index is 14.0. The van der Waals surface area contributed by atoms with Gasteiger partial charge in [0.2, 0.25) is 5.91 Å². The minimum atomic E-state index is -4.63. The van der Waals surface area contributed by atoms with E-state index in [4.69, 9.17) is 9.47 Å². The van der Waals surface area contributed by atoms with Gasteiger partial charge in [0.05, 0.1) is 5.56 Å². The number of nitrogens with zero attached hydrogens (tertiary/aromatic N) is 2. The van der Waals surface area contributed by atoms with Crippen molar-refractivity contribution >= 4 is 11.9 Å². The van der Waals surface area contributed by atoms with Crippen LogP contribution in [0.15, 0.2) is 18.2 Å². The van der Waals surface area contributed by atoms with Crippen molar-refractivity contribution in [3.8, 4) is 5.75 Å². The quantitative estimate of drug-likeness (QED) is 0.723. The molecule has 0 radical (unpaired) electrons. The van der Waals surface area contributed by atoms with Crippen LogP contribution in [0.3, 0.4) is 0 Å². The molecule has 11 heteroatoms. The molecule has 0 bridgehead atoms. The Morgan fingerprint density at radius 2 is 2.00 bits per heavy atom. The Labute approximate surface area is 177 Å². The zero-order valence-corrected chi connectivity index (χ0v) is 17.1. The zero-order chi connectivity index (χ0) is 22.6. The number of benzene rings is 1. The summed E-state index contributed by atoms with van der Waals surface area (Å²) >= 11 is 0. The lowest BCUT2D eigenvalue weighted by atomic mass is 9.95. The fourth-order valence-electron chi connectivity index (χ4n) is 3.44. The summed E-state index contributed by atoms with van der Waals surface area (Å²) in [6, 6.07) is 1.99. The van der Waals surface area contributed by atoms with E-state index in [-0.39, 0.29) is 30.2 Å². The number of amides is 3. The van der Waals surface area contributed by atoms with E-state index in [1.807, 2.05) is 0 Å². The van der Waals surface area contributed by atoms with Gasteiger partial charge in [-0.3, -0.25) is 4.79 Å². The number of likely N-dealkylation sites (tertiary alicyclic amines) is 1. The number of rotatable bonds is 3. The Morgan fingerprint density at radius 1 is 1.26 bits per heavy atom. The van der Waals surface area contributed by atoms with E-state index < -0.39 is 23.7 Å². The molecule has 1 N–H and O–H groups in total. The van der Waals surface area contributed by atoms with Gasteiger partial charge < -0.3 is 24.6 Å². The summed E-state index contributed by atoms with van der Waals surface area (Å²) in [4.78, 5) is 27.5. The van der Waals surface area contributed by atoms with Crippen molar-refractivity contribution in [3.05, 3.63) is 29.6 Å². The molecular weight excluding hydrogens is 422 g/mol. The number of hydrogen-bond acceptors (Lipinski definition) is 4. The highest BCUT2D eigenvalue weighted by molar-refractivity contribution is 5.77. The number of ether oxygens (including phenoxy) is 2. The molecule has 0 spiro atoms. The van der Waals surface area contributed by atoms with Crippen LogP contribution in [0.4, 0.5) is 22.4 Å². The molecule has 3 rings (SSSR count). The normalized spacial score (nSPS) is 20.0. The largest absolute Gasteiger partial charge is 0.487 e. The molecule has 2 fully saturated rings. The van der Waals surface area contributed by atoms with Crippen LogP contribution in [-0.2, 0) is 15.7 Å². The molecule has 2 aliphatic rings. The average molecular weight is 447 g/mol. The molecular formula is C20H25F4N3O4. The summed E-state index contributed by atoms with van der Waals surface area (Å²) in [6.07, 6.45) is -4.50. The Hall–Kier alpha value is -2.56. The van der Waals surface area contributed by atoms with Crippen molar-refractivity contribution < 1.29 is 36.6 Å². The zero-order valence-electron chi connectivity index (χ0n) is 17.1. The number of urea groups is 1. The van der Waals surface area contributed by atoms with Crippen LogP contribution < -0.4 is 10.1 Å². The molecule has 0 aliphatic carbocycles. The van der Waals surface area contributed by atoms with E-state index in [0.717, 1.165) is 12.1 Å². The average Bonchev–Trinajstić information content (AvgIpc) is 2.66. The van der Waals surface area contributed by atoms with Gasteiger partial charge in [-0.25, -0.2) is 9.18 Å². The molecule has 7 nitrogen and oxygen atoms in total. The Balaban J connectivity index is 1.50. The number of hydrogen-bond donors (Lipinski definition) is 1. The summed E-state index contributed by atoms with van der Waals surface area (Å²) < 4.78 is 62.7. The molecule has 0 aromatic heterocycles. The van der Waals surface area contributed by atoms with Crippen LogP contribution in [0.2, 0.25) is 0 Å². The van der Waals surface area contributed by atoms with Gasteiger partial charge in [0.25, 0.3) is 0 Å². The van der Waals surface area contributed by atoms with Gasteiger partial charge in [-0.15, -0.1) is 0 Å². The minimum absolute atomic E-state index is 0.0131. The van der Waals surface area contributed by atoms with Crippen LogP contribution in [0.25, 0.3) is 0 Å². The summed E-state index contributed by atoms with van der Waals surface area (Å²) in [7, 11) is 0. The first-order valence-electron chi connectivity index (χ1n) is 10.1. The molecule has 2 saturated heterocycles. The molecule has 172 valence electrons. The third-order valence-corrected chi connectivity index (χ3v) is 5.34. The van der Waals surface area contributed by atoms with Gasteiger partial charge >= 0.3 is 12.2 Å². The predicted molar refractivity (Wildman–Crippen MR) is 102 cm³/mol. The van der Waals surface area contributed by atoms with Gasteiger partial charge in [0, 0.05) is 45.2 Å². The number of nitrogens with one attached hydrogen (secondary N) is 1. The van der Waals surface area contributed by atoms with Crippen molar-refractivity contribution in [1.82, 2.24) is 15.1 Å². The first-order chi connectivity index (χ1) is 14.6. The van der Waals surface area contributed by atoms with Gasteiger partial charge in [-0.05, 0) is 31.5 Å². The molecule has 0 saturated carbocycles. The van der Waals surface area contributed by atoms with E-state index in [9.17, 15) is 27.2 Å². The first-order valence-corrected chi connectivity index (χ1v) is 10.1. The number of carbonyl (C=O) groups excluding carboxylic acids is 2. The lowest BCUT2D eigenvalue weighted by Crippen LogP contribution is -2.59.